The van der Waals surface area contributed by atoms with Crippen molar-refractivity contribution in [3.8, 4) is 5.75 Å². The molecular formula is C25H20N2O3S. The van der Waals surface area contributed by atoms with Crippen molar-refractivity contribution in [2.24, 2.45) is 0 Å². The number of hydrogen-bond acceptors (Lipinski definition) is 5. The van der Waals surface area contributed by atoms with E-state index in [0.29, 0.717) is 22.2 Å². The van der Waals surface area contributed by atoms with Crippen LogP contribution in [-0.4, -0.2) is 18.0 Å². The van der Waals surface area contributed by atoms with Crippen LogP contribution in [0.25, 0.3) is 21.0 Å². The molecule has 0 aliphatic rings. The van der Waals surface area contributed by atoms with Crippen LogP contribution in [0.5, 0.6) is 5.75 Å². The number of thiazole rings is 1. The number of furan rings is 1. The van der Waals surface area contributed by atoms with Crippen molar-refractivity contribution in [2.45, 2.75) is 13.5 Å². The number of carbonyl (C=O) groups excluding carboxylic acids is 1. The quantitative estimate of drug-likeness (QED) is 0.334. The maximum Gasteiger partial charge on any atom is 0.264 e. The minimum atomic E-state index is -0.185. The highest BCUT2D eigenvalue weighted by molar-refractivity contribution is 7.22. The smallest absolute Gasteiger partial charge is 0.264 e. The summed E-state index contributed by atoms with van der Waals surface area (Å²) < 4.78 is 12.2. The molecule has 154 valence electrons. The fraction of sp³-hybridized carbons (Fsp3) is 0.120. The van der Waals surface area contributed by atoms with E-state index in [2.05, 4.69) is 0 Å². The van der Waals surface area contributed by atoms with Crippen molar-refractivity contribution < 1.29 is 13.9 Å². The summed E-state index contributed by atoms with van der Waals surface area (Å²) in [6.07, 6.45) is 1.61. The summed E-state index contributed by atoms with van der Waals surface area (Å²) in [5.41, 5.74) is 2.47. The molecule has 2 aromatic heterocycles. The van der Waals surface area contributed by atoms with Crippen LogP contribution < -0.4 is 9.64 Å². The Bertz CT molecular complexity index is 1390. The minimum Gasteiger partial charge on any atom is -0.496 e. The monoisotopic (exact) mass is 428 g/mol. The van der Waals surface area contributed by atoms with Crippen molar-refractivity contribution in [3.63, 3.8) is 0 Å². The molecule has 0 unspecified atom stereocenters. The van der Waals surface area contributed by atoms with Crippen LogP contribution >= 0.6 is 11.3 Å². The van der Waals surface area contributed by atoms with Gasteiger partial charge in [0, 0.05) is 0 Å². The number of ether oxygens (including phenoxy) is 1. The number of aryl methyl sites for hydroxylation is 1. The molecule has 31 heavy (non-hydrogen) atoms. The van der Waals surface area contributed by atoms with Gasteiger partial charge in [0.2, 0.25) is 0 Å². The molecule has 0 bridgehead atoms. The average molecular weight is 429 g/mol. The molecule has 0 saturated carbocycles. The first-order valence-corrected chi connectivity index (χ1v) is 10.7. The van der Waals surface area contributed by atoms with Crippen LogP contribution in [0, 0.1) is 6.92 Å². The summed E-state index contributed by atoms with van der Waals surface area (Å²) in [5, 5.41) is 2.62. The van der Waals surface area contributed by atoms with Gasteiger partial charge in [-0.1, -0.05) is 47.7 Å². The number of carbonyl (C=O) groups is 1. The van der Waals surface area contributed by atoms with Crippen molar-refractivity contribution in [3.05, 3.63) is 89.9 Å². The number of benzene rings is 3. The highest BCUT2D eigenvalue weighted by atomic mass is 32.1. The molecule has 0 atom stereocenters. The Hall–Kier alpha value is -3.64. The van der Waals surface area contributed by atoms with E-state index < -0.39 is 0 Å². The zero-order valence-corrected chi connectivity index (χ0v) is 18.0. The van der Waals surface area contributed by atoms with Gasteiger partial charge in [0.05, 0.1) is 35.7 Å². The van der Waals surface area contributed by atoms with E-state index in [1.165, 1.54) is 11.3 Å². The first kappa shape index (κ1) is 19.3. The molecule has 0 aliphatic carbocycles. The number of methoxy groups -OCH3 is 1. The summed E-state index contributed by atoms with van der Waals surface area (Å²) in [6, 6.07) is 21.4. The van der Waals surface area contributed by atoms with E-state index in [1.54, 1.807) is 18.3 Å². The number of aromatic nitrogens is 1. The van der Waals surface area contributed by atoms with Gasteiger partial charge >= 0.3 is 0 Å². The predicted octanol–water partition coefficient (Wildman–Crippen LogP) is 6.21. The highest BCUT2D eigenvalue weighted by Crippen LogP contribution is 2.34. The summed E-state index contributed by atoms with van der Waals surface area (Å²) in [6.45, 7) is 2.30. The second-order valence-corrected chi connectivity index (χ2v) is 8.30. The summed E-state index contributed by atoms with van der Waals surface area (Å²) in [5.74, 6) is 1.03. The third-order valence-corrected chi connectivity index (χ3v) is 6.32. The molecule has 6 heteroatoms. The van der Waals surface area contributed by atoms with Crippen LogP contribution in [0.3, 0.4) is 0 Å². The van der Waals surface area contributed by atoms with E-state index in [1.807, 2.05) is 73.7 Å². The van der Waals surface area contributed by atoms with Gasteiger partial charge in [-0.2, -0.15) is 0 Å². The lowest BCUT2D eigenvalue weighted by atomic mass is 10.0. The van der Waals surface area contributed by atoms with Gasteiger partial charge in [0.1, 0.15) is 11.5 Å². The van der Waals surface area contributed by atoms with Crippen LogP contribution in [0.4, 0.5) is 5.13 Å². The zero-order valence-electron chi connectivity index (χ0n) is 17.2. The largest absolute Gasteiger partial charge is 0.496 e. The van der Waals surface area contributed by atoms with Gasteiger partial charge in [-0.3, -0.25) is 9.69 Å². The first-order valence-electron chi connectivity index (χ1n) is 9.91. The summed E-state index contributed by atoms with van der Waals surface area (Å²) >= 11 is 1.49. The number of para-hydroxylation sites is 1. The number of hydrogen-bond donors (Lipinski definition) is 0. The topological polar surface area (TPSA) is 55.6 Å². The van der Waals surface area contributed by atoms with Crippen molar-refractivity contribution in [1.29, 1.82) is 0 Å². The maximum absolute atomic E-state index is 13.8. The molecule has 0 aliphatic heterocycles. The molecule has 2 heterocycles. The van der Waals surface area contributed by atoms with E-state index in [-0.39, 0.29) is 12.5 Å². The van der Waals surface area contributed by atoms with E-state index in [0.717, 1.165) is 26.6 Å². The summed E-state index contributed by atoms with van der Waals surface area (Å²) in [4.78, 5) is 20.3. The lowest BCUT2D eigenvalue weighted by Crippen LogP contribution is -2.30. The Morgan fingerprint density at radius 2 is 1.87 bits per heavy atom. The molecule has 0 radical (unpaired) electrons. The van der Waals surface area contributed by atoms with E-state index in [9.17, 15) is 4.79 Å². The number of nitrogens with zero attached hydrogens (tertiary/aromatic N) is 2. The van der Waals surface area contributed by atoms with Gasteiger partial charge < -0.3 is 9.15 Å². The molecule has 5 nitrogen and oxygen atoms in total. The van der Waals surface area contributed by atoms with Gasteiger partial charge in [-0.05, 0) is 53.6 Å². The average Bonchev–Trinajstić information content (AvgIpc) is 3.46. The Kier molecular flexibility index (Phi) is 4.92. The minimum absolute atomic E-state index is 0.185. The first-order chi connectivity index (χ1) is 15.1. The lowest BCUT2D eigenvalue weighted by Gasteiger charge is -2.20. The number of amides is 1. The van der Waals surface area contributed by atoms with Gasteiger partial charge in [0.15, 0.2) is 5.13 Å². The van der Waals surface area contributed by atoms with Crippen molar-refractivity contribution in [2.75, 3.05) is 12.0 Å². The maximum atomic E-state index is 13.8. The Morgan fingerprint density at radius 1 is 1.06 bits per heavy atom. The van der Waals surface area contributed by atoms with Crippen molar-refractivity contribution in [1.82, 2.24) is 4.98 Å². The van der Waals surface area contributed by atoms with Crippen LogP contribution in [-0.2, 0) is 6.54 Å². The SMILES string of the molecule is COc1cc2ccccc2cc1C(=O)N(Cc1ccco1)c1nc2c(C)cccc2s1. The molecule has 0 spiro atoms. The molecule has 0 saturated heterocycles. The van der Waals surface area contributed by atoms with E-state index in [4.69, 9.17) is 14.1 Å². The lowest BCUT2D eigenvalue weighted by molar-refractivity contribution is 0.0980. The predicted molar refractivity (Wildman–Crippen MR) is 124 cm³/mol. The molecule has 5 rings (SSSR count). The third kappa shape index (κ3) is 3.55. The number of anilines is 1. The normalized spacial score (nSPS) is 11.2. The second kappa shape index (κ2) is 7.89. The Balaban J connectivity index is 1.64. The van der Waals surface area contributed by atoms with Crippen LogP contribution in [0.15, 0.2) is 77.4 Å². The molecular weight excluding hydrogens is 408 g/mol. The Labute approximate surface area is 183 Å². The summed E-state index contributed by atoms with van der Waals surface area (Å²) in [7, 11) is 1.58. The van der Waals surface area contributed by atoms with Crippen molar-refractivity contribution >= 4 is 43.4 Å². The molecule has 5 aromatic rings. The van der Waals surface area contributed by atoms with Crippen LogP contribution in [0.2, 0.25) is 0 Å². The third-order valence-electron chi connectivity index (χ3n) is 5.28. The fourth-order valence-electron chi connectivity index (χ4n) is 3.68. The van der Waals surface area contributed by atoms with Gasteiger partial charge in [0.25, 0.3) is 5.91 Å². The van der Waals surface area contributed by atoms with E-state index >= 15 is 0 Å². The fourth-order valence-corrected chi connectivity index (χ4v) is 4.72. The second-order valence-electron chi connectivity index (χ2n) is 7.29. The zero-order chi connectivity index (χ0) is 21.4. The Morgan fingerprint density at radius 3 is 2.58 bits per heavy atom. The number of rotatable bonds is 5. The molecule has 3 aromatic carbocycles. The van der Waals surface area contributed by atoms with Gasteiger partial charge in [-0.15, -0.1) is 0 Å². The van der Waals surface area contributed by atoms with Gasteiger partial charge in [-0.25, -0.2) is 4.98 Å². The highest BCUT2D eigenvalue weighted by Gasteiger charge is 2.26. The molecule has 1 amide bonds. The number of fused-ring (bicyclic) bond motifs is 2. The standard InChI is InChI=1S/C25H20N2O3S/c1-16-7-5-11-22-23(16)26-25(31-22)27(15-19-10-6-12-30-19)24(28)20-13-17-8-3-4-9-18(17)14-21(20)29-2/h3-14H,15H2,1-2H3. The van der Waals surface area contributed by atoms with Crippen LogP contribution in [0.1, 0.15) is 21.7 Å². The molecule has 0 N–H and O–H groups in total. The molecule has 0 fully saturated rings.